The van der Waals surface area contributed by atoms with Crippen LogP contribution in [0.1, 0.15) is 5.56 Å². The SMILES string of the molecule is COCCOc1cc(C(F)(F)F)cnc1-c1cccc(S(C)(=O)=O)c1. The first kappa shape index (κ1) is 19.2. The van der Waals surface area contributed by atoms with E-state index in [1.807, 2.05) is 0 Å². The first-order valence-electron chi connectivity index (χ1n) is 7.12. The molecule has 2 aromatic rings. The highest BCUT2D eigenvalue weighted by Crippen LogP contribution is 2.36. The average molecular weight is 375 g/mol. The fourth-order valence-corrected chi connectivity index (χ4v) is 2.70. The number of alkyl halides is 3. The van der Waals surface area contributed by atoms with Crippen LogP contribution < -0.4 is 4.74 Å². The molecule has 0 radical (unpaired) electrons. The zero-order valence-electron chi connectivity index (χ0n) is 13.5. The van der Waals surface area contributed by atoms with E-state index in [2.05, 4.69) is 4.98 Å². The Bertz CT molecular complexity index is 851. The lowest BCUT2D eigenvalue weighted by atomic mass is 10.1. The van der Waals surface area contributed by atoms with Crippen LogP contribution in [-0.2, 0) is 20.8 Å². The molecule has 1 heterocycles. The first-order chi connectivity index (χ1) is 11.6. The largest absolute Gasteiger partial charge is 0.489 e. The van der Waals surface area contributed by atoms with Crippen molar-refractivity contribution in [3.63, 3.8) is 0 Å². The van der Waals surface area contributed by atoms with E-state index in [1.54, 1.807) is 6.07 Å². The number of benzene rings is 1. The third kappa shape index (κ3) is 4.93. The molecule has 0 amide bonds. The molecular weight excluding hydrogens is 359 g/mol. The summed E-state index contributed by atoms with van der Waals surface area (Å²) in [4.78, 5) is 3.87. The van der Waals surface area contributed by atoms with Crippen molar-refractivity contribution in [1.82, 2.24) is 4.98 Å². The minimum atomic E-state index is -4.57. The second-order valence-corrected chi connectivity index (χ2v) is 7.23. The van der Waals surface area contributed by atoms with Crippen molar-refractivity contribution >= 4 is 9.84 Å². The van der Waals surface area contributed by atoms with Crippen molar-refractivity contribution in [2.75, 3.05) is 26.6 Å². The maximum Gasteiger partial charge on any atom is 0.418 e. The van der Waals surface area contributed by atoms with Gasteiger partial charge in [-0.25, -0.2) is 8.42 Å². The van der Waals surface area contributed by atoms with Gasteiger partial charge in [-0.2, -0.15) is 13.2 Å². The second-order valence-electron chi connectivity index (χ2n) is 5.21. The van der Waals surface area contributed by atoms with E-state index in [0.29, 0.717) is 11.8 Å². The Hall–Kier alpha value is -2.13. The Morgan fingerprint density at radius 3 is 2.48 bits per heavy atom. The van der Waals surface area contributed by atoms with Crippen LogP contribution in [0.3, 0.4) is 0 Å². The number of hydrogen-bond acceptors (Lipinski definition) is 5. The number of methoxy groups -OCH3 is 1. The summed E-state index contributed by atoms with van der Waals surface area (Å²) in [6, 6.07) is 6.62. The van der Waals surface area contributed by atoms with Crippen LogP contribution in [0.2, 0.25) is 0 Å². The third-order valence-corrected chi connectivity index (χ3v) is 4.37. The van der Waals surface area contributed by atoms with Crippen LogP contribution in [-0.4, -0.2) is 40.0 Å². The topological polar surface area (TPSA) is 65.5 Å². The maximum atomic E-state index is 12.9. The zero-order valence-corrected chi connectivity index (χ0v) is 14.3. The molecular formula is C16H16F3NO4S. The van der Waals surface area contributed by atoms with E-state index in [0.717, 1.165) is 12.3 Å². The van der Waals surface area contributed by atoms with Crippen molar-refractivity contribution in [2.24, 2.45) is 0 Å². The summed E-state index contributed by atoms with van der Waals surface area (Å²) in [7, 11) is -2.03. The lowest BCUT2D eigenvalue weighted by Crippen LogP contribution is -2.10. The predicted molar refractivity (Wildman–Crippen MR) is 85.2 cm³/mol. The number of sulfone groups is 1. The fourth-order valence-electron chi connectivity index (χ4n) is 2.04. The van der Waals surface area contributed by atoms with Gasteiger partial charge in [-0.15, -0.1) is 0 Å². The fraction of sp³-hybridized carbons (Fsp3) is 0.312. The van der Waals surface area contributed by atoms with Crippen molar-refractivity contribution < 1.29 is 31.1 Å². The van der Waals surface area contributed by atoms with E-state index in [-0.39, 0.29) is 29.6 Å². The monoisotopic (exact) mass is 375 g/mol. The highest BCUT2D eigenvalue weighted by atomic mass is 32.2. The number of pyridine rings is 1. The van der Waals surface area contributed by atoms with Crippen molar-refractivity contribution in [1.29, 1.82) is 0 Å². The van der Waals surface area contributed by atoms with E-state index in [4.69, 9.17) is 9.47 Å². The van der Waals surface area contributed by atoms with Crippen LogP contribution in [0.4, 0.5) is 13.2 Å². The molecule has 0 fully saturated rings. The molecule has 0 bridgehead atoms. The quantitative estimate of drug-likeness (QED) is 0.726. The molecule has 2 rings (SSSR count). The van der Waals surface area contributed by atoms with Crippen molar-refractivity contribution in [3.05, 3.63) is 42.1 Å². The number of aromatic nitrogens is 1. The van der Waals surface area contributed by atoms with Gasteiger partial charge in [-0.05, 0) is 18.2 Å². The second kappa shape index (κ2) is 7.40. The molecule has 0 unspecified atom stereocenters. The molecule has 0 saturated heterocycles. The maximum absolute atomic E-state index is 12.9. The molecule has 1 aromatic carbocycles. The van der Waals surface area contributed by atoms with Gasteiger partial charge in [-0.1, -0.05) is 12.1 Å². The Morgan fingerprint density at radius 1 is 1.16 bits per heavy atom. The standard InChI is InChI=1S/C16H16F3NO4S/c1-23-6-7-24-14-9-12(16(17,18)19)10-20-15(14)11-4-3-5-13(8-11)25(2,21)22/h3-5,8-10H,6-7H2,1-2H3. The van der Waals surface area contributed by atoms with E-state index in [1.165, 1.54) is 25.3 Å². The van der Waals surface area contributed by atoms with E-state index >= 15 is 0 Å². The normalized spacial score (nSPS) is 12.2. The highest BCUT2D eigenvalue weighted by Gasteiger charge is 2.32. The van der Waals surface area contributed by atoms with Crippen molar-refractivity contribution in [3.8, 4) is 17.0 Å². The smallest absolute Gasteiger partial charge is 0.418 e. The molecule has 136 valence electrons. The molecule has 0 aliphatic carbocycles. The molecule has 0 aliphatic rings. The van der Waals surface area contributed by atoms with Crippen LogP contribution in [0.15, 0.2) is 41.4 Å². The number of ether oxygens (including phenoxy) is 2. The summed E-state index contributed by atoms with van der Waals surface area (Å²) in [5, 5.41) is 0. The Morgan fingerprint density at radius 2 is 1.88 bits per heavy atom. The minimum absolute atomic E-state index is 0.0260. The first-order valence-corrected chi connectivity index (χ1v) is 9.01. The van der Waals surface area contributed by atoms with Gasteiger partial charge in [0.25, 0.3) is 0 Å². The summed E-state index contributed by atoms with van der Waals surface area (Å²) in [5.41, 5.74) is -0.499. The lowest BCUT2D eigenvalue weighted by Gasteiger charge is -2.14. The molecule has 9 heteroatoms. The summed E-state index contributed by atoms with van der Waals surface area (Å²) < 4.78 is 72.3. The van der Waals surface area contributed by atoms with Crippen LogP contribution in [0, 0.1) is 0 Å². The summed E-state index contributed by atoms with van der Waals surface area (Å²) in [5.74, 6) is -0.0995. The Balaban J connectivity index is 2.52. The molecule has 0 saturated carbocycles. The molecule has 1 aromatic heterocycles. The van der Waals surface area contributed by atoms with Gasteiger partial charge in [-0.3, -0.25) is 4.98 Å². The summed E-state index contributed by atoms with van der Waals surface area (Å²) in [6.45, 7) is 0.206. The number of hydrogen-bond donors (Lipinski definition) is 0. The average Bonchev–Trinajstić information content (AvgIpc) is 2.53. The minimum Gasteiger partial charge on any atom is -0.489 e. The zero-order chi connectivity index (χ0) is 18.7. The van der Waals surface area contributed by atoms with Gasteiger partial charge in [0, 0.05) is 25.1 Å². The number of nitrogens with zero attached hydrogens (tertiary/aromatic N) is 1. The van der Waals surface area contributed by atoms with Gasteiger partial charge in [0.05, 0.1) is 17.1 Å². The number of halogens is 3. The van der Waals surface area contributed by atoms with Gasteiger partial charge in [0.1, 0.15) is 18.1 Å². The lowest BCUT2D eigenvalue weighted by molar-refractivity contribution is -0.137. The highest BCUT2D eigenvalue weighted by molar-refractivity contribution is 7.90. The third-order valence-electron chi connectivity index (χ3n) is 3.26. The van der Waals surface area contributed by atoms with Gasteiger partial charge in [0.15, 0.2) is 9.84 Å². The molecule has 5 nitrogen and oxygen atoms in total. The number of rotatable bonds is 6. The van der Waals surface area contributed by atoms with Crippen molar-refractivity contribution in [2.45, 2.75) is 11.1 Å². The van der Waals surface area contributed by atoms with E-state index in [9.17, 15) is 21.6 Å². The molecule has 0 N–H and O–H groups in total. The van der Waals surface area contributed by atoms with Crippen LogP contribution in [0.25, 0.3) is 11.3 Å². The Labute approximate surface area is 143 Å². The summed E-state index contributed by atoms with van der Waals surface area (Å²) in [6.07, 6.45) is -2.84. The van der Waals surface area contributed by atoms with Gasteiger partial charge >= 0.3 is 6.18 Å². The van der Waals surface area contributed by atoms with Crippen LogP contribution >= 0.6 is 0 Å². The Kier molecular flexibility index (Phi) is 5.69. The predicted octanol–water partition coefficient (Wildman–Crippen LogP) is 3.20. The van der Waals surface area contributed by atoms with E-state index < -0.39 is 21.6 Å². The van der Waals surface area contributed by atoms with Crippen LogP contribution in [0.5, 0.6) is 5.75 Å². The molecule has 0 spiro atoms. The molecule has 0 aliphatic heterocycles. The molecule has 25 heavy (non-hydrogen) atoms. The van der Waals surface area contributed by atoms with Gasteiger partial charge < -0.3 is 9.47 Å². The molecule has 0 atom stereocenters. The summed E-state index contributed by atoms with van der Waals surface area (Å²) >= 11 is 0. The van der Waals surface area contributed by atoms with Gasteiger partial charge in [0.2, 0.25) is 0 Å².